The standard InChI is InChI=1S/C15H11NO4/c17-13-10-5-1-2-6-11(10)14(18)15(19)12(13)16-8-9-4-3-7-20-9/h1-7,16-17H,8H2. The molecular weight excluding hydrogens is 258 g/mol. The van der Waals surface area contributed by atoms with Crippen LogP contribution >= 0.6 is 0 Å². The summed E-state index contributed by atoms with van der Waals surface area (Å²) in [5, 5.41) is 12.9. The number of allylic oxidation sites excluding steroid dienone is 1. The number of hydrogen-bond donors (Lipinski definition) is 2. The topological polar surface area (TPSA) is 79.5 Å². The van der Waals surface area contributed by atoms with Crippen LogP contribution in [0.3, 0.4) is 0 Å². The Morgan fingerprint density at radius 3 is 2.45 bits per heavy atom. The van der Waals surface area contributed by atoms with E-state index >= 15 is 0 Å². The summed E-state index contributed by atoms with van der Waals surface area (Å²) in [5.74, 6) is -0.978. The van der Waals surface area contributed by atoms with Crippen LogP contribution in [0.15, 0.2) is 52.8 Å². The third-order valence-corrected chi connectivity index (χ3v) is 3.12. The second-order valence-electron chi connectivity index (χ2n) is 4.36. The smallest absolute Gasteiger partial charge is 0.253 e. The Morgan fingerprint density at radius 2 is 1.75 bits per heavy atom. The third kappa shape index (κ3) is 1.89. The van der Waals surface area contributed by atoms with E-state index in [1.165, 1.54) is 12.3 Å². The Morgan fingerprint density at radius 1 is 1.00 bits per heavy atom. The van der Waals surface area contributed by atoms with E-state index in [4.69, 9.17) is 4.42 Å². The van der Waals surface area contributed by atoms with Crippen molar-refractivity contribution in [3.8, 4) is 0 Å². The highest BCUT2D eigenvalue weighted by atomic mass is 16.3. The van der Waals surface area contributed by atoms with E-state index < -0.39 is 11.6 Å². The SMILES string of the molecule is O=C1C(=O)c2ccccc2C(O)=C1NCc1ccco1. The third-order valence-electron chi connectivity index (χ3n) is 3.12. The summed E-state index contributed by atoms with van der Waals surface area (Å²) >= 11 is 0. The van der Waals surface area contributed by atoms with E-state index in [0.29, 0.717) is 11.3 Å². The Hall–Kier alpha value is -2.82. The van der Waals surface area contributed by atoms with Gasteiger partial charge in [-0.05, 0) is 12.1 Å². The van der Waals surface area contributed by atoms with Crippen molar-refractivity contribution in [2.45, 2.75) is 6.54 Å². The molecule has 0 fully saturated rings. The molecule has 5 heteroatoms. The van der Waals surface area contributed by atoms with Crippen molar-refractivity contribution < 1.29 is 19.1 Å². The molecule has 3 rings (SSSR count). The number of fused-ring (bicyclic) bond motifs is 1. The first-order valence-electron chi connectivity index (χ1n) is 6.06. The molecule has 2 aromatic rings. The van der Waals surface area contributed by atoms with Gasteiger partial charge in [0.25, 0.3) is 5.78 Å². The first kappa shape index (κ1) is 12.2. The number of carbonyl (C=O) groups excluding carboxylic acids is 2. The lowest BCUT2D eigenvalue weighted by atomic mass is 9.91. The molecule has 1 aromatic heterocycles. The van der Waals surface area contributed by atoms with Crippen molar-refractivity contribution >= 4 is 17.3 Å². The number of aliphatic hydroxyl groups excluding tert-OH is 1. The summed E-state index contributed by atoms with van der Waals surface area (Å²) in [7, 11) is 0. The second-order valence-corrected chi connectivity index (χ2v) is 4.36. The summed E-state index contributed by atoms with van der Waals surface area (Å²) in [6, 6.07) is 9.92. The number of rotatable bonds is 3. The molecular formula is C15H11NO4. The Labute approximate surface area is 114 Å². The minimum absolute atomic E-state index is 0.0925. The number of furan rings is 1. The molecule has 0 spiro atoms. The monoisotopic (exact) mass is 269 g/mol. The zero-order valence-electron chi connectivity index (χ0n) is 10.4. The lowest BCUT2D eigenvalue weighted by Gasteiger charge is -2.18. The van der Waals surface area contributed by atoms with Crippen LogP contribution in [0.2, 0.25) is 0 Å². The molecule has 100 valence electrons. The van der Waals surface area contributed by atoms with Crippen LogP contribution < -0.4 is 5.32 Å². The maximum atomic E-state index is 12.0. The van der Waals surface area contributed by atoms with Gasteiger partial charge in [-0.15, -0.1) is 0 Å². The van der Waals surface area contributed by atoms with Crippen molar-refractivity contribution in [1.29, 1.82) is 0 Å². The zero-order valence-corrected chi connectivity index (χ0v) is 10.4. The van der Waals surface area contributed by atoms with Crippen molar-refractivity contribution in [3.05, 3.63) is 65.2 Å². The lowest BCUT2D eigenvalue weighted by Crippen LogP contribution is -2.31. The predicted octanol–water partition coefficient (Wildman–Crippen LogP) is 2.06. The van der Waals surface area contributed by atoms with Gasteiger partial charge in [-0.2, -0.15) is 0 Å². The van der Waals surface area contributed by atoms with E-state index in [2.05, 4.69) is 5.32 Å². The summed E-state index contributed by atoms with van der Waals surface area (Å²) in [5.41, 5.74) is 0.489. The van der Waals surface area contributed by atoms with Gasteiger partial charge >= 0.3 is 0 Å². The Balaban J connectivity index is 1.96. The number of ketones is 2. The van der Waals surface area contributed by atoms with Crippen LogP contribution in [-0.4, -0.2) is 16.7 Å². The van der Waals surface area contributed by atoms with Crippen molar-refractivity contribution in [2.24, 2.45) is 0 Å². The quantitative estimate of drug-likeness (QED) is 0.834. The van der Waals surface area contributed by atoms with Gasteiger partial charge in [-0.25, -0.2) is 0 Å². The van der Waals surface area contributed by atoms with Gasteiger partial charge in [0.2, 0.25) is 5.78 Å². The number of Topliss-reactive ketones (excluding diaryl/α,β-unsaturated/α-hetero) is 2. The number of hydrogen-bond acceptors (Lipinski definition) is 5. The van der Waals surface area contributed by atoms with Crippen LogP contribution in [0.1, 0.15) is 21.7 Å². The Bertz CT molecular complexity index is 713. The van der Waals surface area contributed by atoms with Crippen molar-refractivity contribution in [3.63, 3.8) is 0 Å². The Kier molecular flexibility index (Phi) is 2.87. The number of aliphatic hydroxyl groups is 1. The fourth-order valence-corrected chi connectivity index (χ4v) is 2.12. The van der Waals surface area contributed by atoms with E-state index in [0.717, 1.165) is 0 Å². The summed E-state index contributed by atoms with van der Waals surface area (Å²) in [4.78, 5) is 24.0. The summed E-state index contributed by atoms with van der Waals surface area (Å²) in [6.07, 6.45) is 1.51. The maximum Gasteiger partial charge on any atom is 0.253 e. The zero-order chi connectivity index (χ0) is 14.1. The molecule has 20 heavy (non-hydrogen) atoms. The fraction of sp³-hybridized carbons (Fsp3) is 0.0667. The molecule has 1 aromatic carbocycles. The second kappa shape index (κ2) is 4.70. The highest BCUT2D eigenvalue weighted by Crippen LogP contribution is 2.26. The van der Waals surface area contributed by atoms with Gasteiger partial charge in [0, 0.05) is 11.1 Å². The number of benzene rings is 1. The molecule has 0 saturated carbocycles. The number of nitrogens with one attached hydrogen (secondary N) is 1. The molecule has 1 aliphatic carbocycles. The molecule has 5 nitrogen and oxygen atoms in total. The van der Waals surface area contributed by atoms with Crippen LogP contribution in [0, 0.1) is 0 Å². The molecule has 0 aliphatic heterocycles. The highest BCUT2D eigenvalue weighted by molar-refractivity contribution is 6.52. The first-order valence-corrected chi connectivity index (χ1v) is 6.06. The first-order chi connectivity index (χ1) is 9.68. The highest BCUT2D eigenvalue weighted by Gasteiger charge is 2.32. The normalized spacial score (nSPS) is 14.4. The van der Waals surface area contributed by atoms with Gasteiger partial charge in [0.1, 0.15) is 11.5 Å². The average Bonchev–Trinajstić information content (AvgIpc) is 2.98. The van der Waals surface area contributed by atoms with Gasteiger partial charge in [0.05, 0.1) is 12.8 Å². The van der Waals surface area contributed by atoms with E-state index in [1.54, 1.807) is 30.3 Å². The summed E-state index contributed by atoms with van der Waals surface area (Å²) in [6.45, 7) is 0.216. The van der Waals surface area contributed by atoms with Crippen LogP contribution in [-0.2, 0) is 11.3 Å². The van der Waals surface area contributed by atoms with Crippen LogP contribution in [0.25, 0.3) is 5.76 Å². The fourth-order valence-electron chi connectivity index (χ4n) is 2.12. The molecule has 0 saturated heterocycles. The molecule has 0 atom stereocenters. The molecule has 0 bridgehead atoms. The van der Waals surface area contributed by atoms with E-state index in [9.17, 15) is 14.7 Å². The molecule has 0 unspecified atom stereocenters. The largest absolute Gasteiger partial charge is 0.505 e. The number of carbonyl (C=O) groups is 2. The predicted molar refractivity (Wildman–Crippen MR) is 70.9 cm³/mol. The van der Waals surface area contributed by atoms with Crippen molar-refractivity contribution in [1.82, 2.24) is 5.32 Å². The van der Waals surface area contributed by atoms with E-state index in [1.807, 2.05) is 0 Å². The molecule has 0 radical (unpaired) electrons. The van der Waals surface area contributed by atoms with Gasteiger partial charge < -0.3 is 14.8 Å². The minimum atomic E-state index is -0.743. The van der Waals surface area contributed by atoms with Gasteiger partial charge in [-0.1, -0.05) is 24.3 Å². The average molecular weight is 269 g/mol. The van der Waals surface area contributed by atoms with Crippen LogP contribution in [0.5, 0.6) is 0 Å². The summed E-state index contributed by atoms with van der Waals surface area (Å²) < 4.78 is 5.13. The van der Waals surface area contributed by atoms with Gasteiger partial charge in [0.15, 0.2) is 5.76 Å². The molecule has 0 amide bonds. The molecule has 1 heterocycles. The molecule has 2 N–H and O–H groups in total. The van der Waals surface area contributed by atoms with Gasteiger partial charge in [-0.3, -0.25) is 9.59 Å². The van der Waals surface area contributed by atoms with Crippen LogP contribution in [0.4, 0.5) is 0 Å². The minimum Gasteiger partial charge on any atom is -0.505 e. The lowest BCUT2D eigenvalue weighted by molar-refractivity contribution is -0.112. The molecule has 1 aliphatic rings. The van der Waals surface area contributed by atoms with Crippen molar-refractivity contribution in [2.75, 3.05) is 0 Å². The van der Waals surface area contributed by atoms with E-state index in [-0.39, 0.29) is 23.6 Å². The maximum absolute atomic E-state index is 12.0.